The summed E-state index contributed by atoms with van der Waals surface area (Å²) in [5.74, 6) is 0.761. The highest BCUT2D eigenvalue weighted by atomic mass is 32.1. The molecule has 25 heavy (non-hydrogen) atoms. The van der Waals surface area contributed by atoms with Crippen LogP contribution < -0.4 is 11.1 Å². The maximum absolute atomic E-state index is 12.4. The van der Waals surface area contributed by atoms with Crippen LogP contribution in [0.1, 0.15) is 21.7 Å². The van der Waals surface area contributed by atoms with E-state index in [2.05, 4.69) is 20.3 Å². The maximum atomic E-state index is 12.4. The van der Waals surface area contributed by atoms with Gasteiger partial charge >= 0.3 is 0 Å². The van der Waals surface area contributed by atoms with Gasteiger partial charge in [-0.25, -0.2) is 9.97 Å². The number of benzene rings is 2. The lowest BCUT2D eigenvalue weighted by Gasteiger charge is -2.05. The van der Waals surface area contributed by atoms with Crippen molar-refractivity contribution in [2.45, 2.75) is 13.3 Å². The van der Waals surface area contributed by atoms with E-state index in [-0.39, 0.29) is 5.91 Å². The minimum atomic E-state index is -0.104. The van der Waals surface area contributed by atoms with Crippen molar-refractivity contribution in [1.29, 1.82) is 0 Å². The molecule has 0 atom stereocenters. The first-order valence-electron chi connectivity index (χ1n) is 7.98. The molecule has 0 aliphatic carbocycles. The molecular weight excluding hydrogens is 334 g/mol. The Hall–Kier alpha value is -2.93. The molecule has 4 N–H and O–H groups in total. The summed E-state index contributed by atoms with van der Waals surface area (Å²) in [6.07, 6.45) is 0.648. The van der Waals surface area contributed by atoms with Gasteiger partial charge in [0.15, 0.2) is 5.13 Å². The lowest BCUT2D eigenvalue weighted by Crippen LogP contribution is -2.26. The van der Waals surface area contributed by atoms with Gasteiger partial charge in [0.2, 0.25) is 0 Å². The number of fused-ring (bicyclic) bond motifs is 2. The van der Waals surface area contributed by atoms with Gasteiger partial charge in [0, 0.05) is 18.5 Å². The number of rotatable bonds is 4. The third-order valence-electron chi connectivity index (χ3n) is 4.05. The van der Waals surface area contributed by atoms with Gasteiger partial charge in [0.1, 0.15) is 5.82 Å². The van der Waals surface area contributed by atoms with Crippen molar-refractivity contribution in [2.24, 2.45) is 0 Å². The number of hydrogen-bond donors (Lipinski definition) is 3. The molecule has 4 aromatic rings. The molecule has 0 saturated heterocycles. The molecule has 0 radical (unpaired) electrons. The van der Waals surface area contributed by atoms with E-state index in [1.165, 1.54) is 11.3 Å². The molecule has 0 fully saturated rings. The lowest BCUT2D eigenvalue weighted by atomic mass is 10.1. The summed E-state index contributed by atoms with van der Waals surface area (Å²) >= 11 is 1.39. The molecule has 2 aromatic carbocycles. The zero-order valence-electron chi connectivity index (χ0n) is 13.7. The van der Waals surface area contributed by atoms with E-state index in [9.17, 15) is 4.79 Å². The summed E-state index contributed by atoms with van der Waals surface area (Å²) in [7, 11) is 0. The number of aromatic amines is 1. The van der Waals surface area contributed by atoms with Crippen LogP contribution in [0.3, 0.4) is 0 Å². The molecule has 126 valence electrons. The van der Waals surface area contributed by atoms with Crippen LogP contribution in [0.25, 0.3) is 21.3 Å². The van der Waals surface area contributed by atoms with Gasteiger partial charge < -0.3 is 16.0 Å². The molecule has 6 nitrogen and oxygen atoms in total. The van der Waals surface area contributed by atoms with Crippen LogP contribution in [0.5, 0.6) is 0 Å². The van der Waals surface area contributed by atoms with E-state index in [4.69, 9.17) is 5.73 Å². The fourth-order valence-corrected chi connectivity index (χ4v) is 3.72. The van der Waals surface area contributed by atoms with Crippen molar-refractivity contribution in [2.75, 3.05) is 12.3 Å². The number of thiazole rings is 1. The number of para-hydroxylation sites is 2. The average Bonchev–Trinajstić information content (AvgIpc) is 3.17. The van der Waals surface area contributed by atoms with Crippen LogP contribution >= 0.6 is 11.3 Å². The molecule has 0 aliphatic heterocycles. The summed E-state index contributed by atoms with van der Waals surface area (Å²) in [6, 6.07) is 11.6. The Kier molecular flexibility index (Phi) is 3.85. The third kappa shape index (κ3) is 3.06. The molecule has 4 rings (SSSR count). The number of carbonyl (C=O) groups is 1. The number of imidazole rings is 1. The standard InChI is InChI=1S/C18H17N5OS/c1-10-8-11(9-14-16(10)23-18(19)25-14)17(24)20-7-6-15-21-12-4-2-3-5-13(12)22-15/h2-5,8-9H,6-7H2,1H3,(H2,19,23)(H,20,24)(H,21,22). The molecule has 0 bridgehead atoms. The number of nitrogens with zero attached hydrogens (tertiary/aromatic N) is 2. The number of aromatic nitrogens is 3. The number of nitrogen functional groups attached to an aromatic ring is 1. The fourth-order valence-electron chi connectivity index (χ4n) is 2.87. The molecular formula is C18H17N5OS. The van der Waals surface area contributed by atoms with E-state index in [0.29, 0.717) is 23.7 Å². The number of amides is 1. The zero-order valence-corrected chi connectivity index (χ0v) is 14.5. The fraction of sp³-hybridized carbons (Fsp3) is 0.167. The van der Waals surface area contributed by atoms with Crippen LogP contribution in [0, 0.1) is 6.92 Å². The van der Waals surface area contributed by atoms with Gasteiger partial charge in [-0.2, -0.15) is 0 Å². The second-order valence-electron chi connectivity index (χ2n) is 5.90. The number of carbonyl (C=O) groups excluding carboxylic acids is 1. The number of H-pyrrole nitrogens is 1. The Morgan fingerprint density at radius 1 is 1.28 bits per heavy atom. The summed E-state index contributed by atoms with van der Waals surface area (Å²) in [5, 5.41) is 3.46. The van der Waals surface area contributed by atoms with Crippen LogP contribution in [0.2, 0.25) is 0 Å². The minimum Gasteiger partial charge on any atom is -0.375 e. The van der Waals surface area contributed by atoms with Crippen LogP contribution in [-0.2, 0) is 6.42 Å². The molecule has 0 saturated carbocycles. The molecule has 7 heteroatoms. The first-order valence-corrected chi connectivity index (χ1v) is 8.80. The van der Waals surface area contributed by atoms with E-state index in [1.807, 2.05) is 43.3 Å². The third-order valence-corrected chi connectivity index (χ3v) is 4.88. The Bertz CT molecular complexity index is 1050. The minimum absolute atomic E-state index is 0.104. The van der Waals surface area contributed by atoms with Crippen molar-refractivity contribution in [1.82, 2.24) is 20.3 Å². The molecule has 0 unspecified atom stereocenters. The predicted molar refractivity (Wildman–Crippen MR) is 101 cm³/mol. The second-order valence-corrected chi connectivity index (χ2v) is 6.96. The SMILES string of the molecule is Cc1cc(C(=O)NCCc2nc3ccccc3[nH]2)cc2sc(N)nc12. The normalized spacial score (nSPS) is 11.2. The van der Waals surface area contributed by atoms with Crippen molar-refractivity contribution >= 4 is 43.6 Å². The van der Waals surface area contributed by atoms with E-state index in [1.54, 1.807) is 0 Å². The number of hydrogen-bond acceptors (Lipinski definition) is 5. The highest BCUT2D eigenvalue weighted by Gasteiger charge is 2.11. The van der Waals surface area contributed by atoms with Crippen molar-refractivity contribution < 1.29 is 4.79 Å². The Labute approximate surface area is 148 Å². The summed E-state index contributed by atoms with van der Waals surface area (Å²) in [4.78, 5) is 24.5. The van der Waals surface area contributed by atoms with Gasteiger partial charge in [-0.1, -0.05) is 23.5 Å². The first kappa shape index (κ1) is 15.6. The molecule has 2 aromatic heterocycles. The topological polar surface area (TPSA) is 96.7 Å². The monoisotopic (exact) mass is 351 g/mol. The molecule has 0 aliphatic rings. The van der Waals surface area contributed by atoms with E-state index in [0.717, 1.165) is 32.6 Å². The smallest absolute Gasteiger partial charge is 0.251 e. The summed E-state index contributed by atoms with van der Waals surface area (Å²) in [5.41, 5.74) is 10.1. The average molecular weight is 351 g/mol. The van der Waals surface area contributed by atoms with Crippen molar-refractivity contribution in [3.05, 3.63) is 53.3 Å². The van der Waals surface area contributed by atoms with Gasteiger partial charge in [-0.15, -0.1) is 0 Å². The maximum Gasteiger partial charge on any atom is 0.251 e. The van der Waals surface area contributed by atoms with Crippen molar-refractivity contribution in [3.8, 4) is 0 Å². The largest absolute Gasteiger partial charge is 0.375 e. The second kappa shape index (κ2) is 6.18. The molecule has 0 spiro atoms. The quantitative estimate of drug-likeness (QED) is 0.526. The van der Waals surface area contributed by atoms with Gasteiger partial charge in [-0.05, 0) is 36.8 Å². The number of nitrogens with two attached hydrogens (primary N) is 1. The highest BCUT2D eigenvalue weighted by molar-refractivity contribution is 7.22. The van der Waals surface area contributed by atoms with Crippen LogP contribution in [-0.4, -0.2) is 27.4 Å². The summed E-state index contributed by atoms with van der Waals surface area (Å²) < 4.78 is 0.930. The van der Waals surface area contributed by atoms with Gasteiger partial charge in [-0.3, -0.25) is 4.79 Å². The van der Waals surface area contributed by atoms with Crippen LogP contribution in [0.15, 0.2) is 36.4 Å². The Morgan fingerprint density at radius 2 is 2.12 bits per heavy atom. The first-order chi connectivity index (χ1) is 12.1. The van der Waals surface area contributed by atoms with Gasteiger partial charge in [0.25, 0.3) is 5.91 Å². The number of anilines is 1. The number of aryl methyl sites for hydroxylation is 1. The van der Waals surface area contributed by atoms with Gasteiger partial charge in [0.05, 0.1) is 21.3 Å². The van der Waals surface area contributed by atoms with E-state index >= 15 is 0 Å². The van der Waals surface area contributed by atoms with E-state index < -0.39 is 0 Å². The Balaban J connectivity index is 1.45. The highest BCUT2D eigenvalue weighted by Crippen LogP contribution is 2.27. The zero-order chi connectivity index (χ0) is 17.4. The Morgan fingerprint density at radius 3 is 2.96 bits per heavy atom. The summed E-state index contributed by atoms with van der Waals surface area (Å²) in [6.45, 7) is 2.45. The predicted octanol–water partition coefficient (Wildman–Crippen LogP) is 3.04. The number of nitrogens with one attached hydrogen (secondary N) is 2. The van der Waals surface area contributed by atoms with Crippen molar-refractivity contribution in [3.63, 3.8) is 0 Å². The van der Waals surface area contributed by atoms with Crippen LogP contribution in [0.4, 0.5) is 5.13 Å². The lowest BCUT2D eigenvalue weighted by molar-refractivity contribution is 0.0954. The molecule has 1 amide bonds. The molecule has 2 heterocycles.